The normalized spacial score (nSPS) is 17.2. The van der Waals surface area contributed by atoms with Gasteiger partial charge in [0, 0.05) is 55.0 Å². The molecule has 8 heteroatoms. The maximum atomic E-state index is 12.3. The Balaban J connectivity index is 1.45. The van der Waals surface area contributed by atoms with Gasteiger partial charge in [0.2, 0.25) is 0 Å². The number of nitrogens with one attached hydrogen (secondary N) is 1. The predicted octanol–water partition coefficient (Wildman–Crippen LogP) is 3.50. The number of aromatic nitrogens is 5. The highest BCUT2D eigenvalue weighted by Crippen LogP contribution is 2.27. The van der Waals surface area contributed by atoms with E-state index in [1.807, 2.05) is 30.6 Å². The number of pyridine rings is 1. The number of H-pyrrole nitrogens is 1. The number of piperidine rings is 1. The lowest BCUT2D eigenvalue weighted by atomic mass is 9.94. The van der Waals surface area contributed by atoms with Crippen LogP contribution in [0.15, 0.2) is 52.8 Å². The minimum Gasteiger partial charge on any atom is -0.305 e. The van der Waals surface area contributed by atoms with Crippen LogP contribution in [0.4, 0.5) is 0 Å². The summed E-state index contributed by atoms with van der Waals surface area (Å²) in [5.74, 6) is 1.80. The zero-order chi connectivity index (χ0) is 20.8. The van der Waals surface area contributed by atoms with Crippen molar-refractivity contribution in [3.05, 3.63) is 64.5 Å². The van der Waals surface area contributed by atoms with Crippen molar-refractivity contribution in [2.45, 2.75) is 43.8 Å². The highest BCUT2D eigenvalue weighted by atomic mass is 32.2. The third-order valence-electron chi connectivity index (χ3n) is 5.12. The molecule has 0 radical (unpaired) electrons. The van der Waals surface area contributed by atoms with Crippen molar-refractivity contribution in [2.75, 3.05) is 18.8 Å². The van der Waals surface area contributed by atoms with E-state index >= 15 is 0 Å². The van der Waals surface area contributed by atoms with Gasteiger partial charge in [0.05, 0.1) is 5.69 Å². The average Bonchev–Trinajstić information content (AvgIpc) is 2.79. The highest BCUT2D eigenvalue weighted by Gasteiger charge is 2.23. The lowest BCUT2D eigenvalue weighted by Gasteiger charge is -2.32. The van der Waals surface area contributed by atoms with E-state index in [1.54, 1.807) is 24.0 Å². The molecule has 7 nitrogen and oxygen atoms in total. The molecule has 3 aromatic heterocycles. The second-order valence-electron chi connectivity index (χ2n) is 7.53. The average molecular weight is 423 g/mol. The van der Waals surface area contributed by atoms with E-state index in [2.05, 4.69) is 31.8 Å². The Morgan fingerprint density at radius 1 is 1.23 bits per heavy atom. The molecule has 1 N–H and O–H groups in total. The molecule has 1 saturated heterocycles. The van der Waals surface area contributed by atoms with Crippen LogP contribution in [-0.4, -0.2) is 48.7 Å². The number of likely N-dealkylation sites (tertiary alicyclic amines) is 1. The zero-order valence-electron chi connectivity index (χ0n) is 17.1. The molecule has 0 unspecified atom stereocenters. The van der Waals surface area contributed by atoms with Crippen LogP contribution in [0.3, 0.4) is 0 Å². The Morgan fingerprint density at radius 2 is 2.10 bits per heavy atom. The molecule has 0 amide bonds. The fourth-order valence-electron chi connectivity index (χ4n) is 3.70. The first kappa shape index (κ1) is 20.7. The van der Waals surface area contributed by atoms with Gasteiger partial charge >= 0.3 is 0 Å². The van der Waals surface area contributed by atoms with Crippen molar-refractivity contribution in [1.29, 1.82) is 0 Å². The summed E-state index contributed by atoms with van der Waals surface area (Å²) in [6, 6.07) is 7.23. The SMILES string of the molecule is CCCSc1ncc(CN2CCC[C@H](c3cc(=O)[nH]c(-c4ccccn4)n3)C2)cn1. The van der Waals surface area contributed by atoms with E-state index < -0.39 is 0 Å². The highest BCUT2D eigenvalue weighted by molar-refractivity contribution is 7.99. The first-order valence-corrected chi connectivity index (χ1v) is 11.4. The quantitative estimate of drug-likeness (QED) is 0.460. The molecule has 156 valence electrons. The van der Waals surface area contributed by atoms with Crippen LogP contribution >= 0.6 is 11.8 Å². The molecule has 1 aliphatic heterocycles. The summed E-state index contributed by atoms with van der Waals surface area (Å²) in [4.78, 5) is 35.5. The molecular formula is C22H26N6OS. The summed E-state index contributed by atoms with van der Waals surface area (Å²) in [7, 11) is 0. The molecule has 1 aliphatic rings. The van der Waals surface area contributed by atoms with Crippen LogP contribution in [0, 0.1) is 0 Å². The van der Waals surface area contributed by atoms with Gasteiger partial charge in [-0.3, -0.25) is 14.7 Å². The van der Waals surface area contributed by atoms with Gasteiger partial charge < -0.3 is 4.98 Å². The molecular weight excluding hydrogens is 396 g/mol. The minimum atomic E-state index is -0.133. The fraction of sp³-hybridized carbons (Fsp3) is 0.409. The van der Waals surface area contributed by atoms with Crippen molar-refractivity contribution in [3.8, 4) is 11.5 Å². The molecule has 0 bridgehead atoms. The molecule has 1 atom stereocenters. The van der Waals surface area contributed by atoms with E-state index in [0.29, 0.717) is 11.5 Å². The first-order chi connectivity index (χ1) is 14.7. The van der Waals surface area contributed by atoms with Crippen molar-refractivity contribution in [2.24, 2.45) is 0 Å². The number of rotatable bonds is 7. The van der Waals surface area contributed by atoms with Crippen LogP contribution in [0.25, 0.3) is 11.5 Å². The summed E-state index contributed by atoms with van der Waals surface area (Å²) in [6.45, 7) is 4.86. The standard InChI is InChI=1S/C22H26N6OS/c1-2-10-30-22-24-12-16(13-25-22)14-28-9-5-6-17(15-28)19-11-20(29)27-21(26-19)18-7-3-4-8-23-18/h3-4,7-8,11-13,17H,2,5-6,9-10,14-15H2,1H3,(H,26,27,29)/t17-/m0/s1. The topological polar surface area (TPSA) is 87.7 Å². The Labute approximate surface area is 180 Å². The van der Waals surface area contributed by atoms with Crippen molar-refractivity contribution < 1.29 is 0 Å². The minimum absolute atomic E-state index is 0.133. The lowest BCUT2D eigenvalue weighted by molar-refractivity contribution is 0.198. The van der Waals surface area contributed by atoms with Crippen LogP contribution in [-0.2, 0) is 6.54 Å². The van der Waals surface area contributed by atoms with Gasteiger partial charge in [0.15, 0.2) is 11.0 Å². The van der Waals surface area contributed by atoms with Gasteiger partial charge in [-0.1, -0.05) is 24.8 Å². The summed E-state index contributed by atoms with van der Waals surface area (Å²) in [5.41, 5.74) is 2.50. The third kappa shape index (κ3) is 5.31. The van der Waals surface area contributed by atoms with Gasteiger partial charge in [-0.25, -0.2) is 15.0 Å². The number of hydrogen-bond acceptors (Lipinski definition) is 7. The summed E-state index contributed by atoms with van der Waals surface area (Å²) >= 11 is 1.69. The molecule has 4 rings (SSSR count). The summed E-state index contributed by atoms with van der Waals surface area (Å²) < 4.78 is 0. The number of thioether (sulfide) groups is 1. The van der Waals surface area contributed by atoms with E-state index in [9.17, 15) is 4.79 Å². The molecule has 0 aromatic carbocycles. The first-order valence-electron chi connectivity index (χ1n) is 10.4. The van der Waals surface area contributed by atoms with Gasteiger partial charge in [0.1, 0.15) is 5.69 Å². The monoisotopic (exact) mass is 422 g/mol. The third-order valence-corrected chi connectivity index (χ3v) is 6.20. The van der Waals surface area contributed by atoms with Gasteiger partial charge in [-0.05, 0) is 37.9 Å². The van der Waals surface area contributed by atoms with Crippen LogP contribution in [0.1, 0.15) is 43.4 Å². The predicted molar refractivity (Wildman–Crippen MR) is 118 cm³/mol. The Bertz CT molecular complexity index is 1010. The number of hydrogen-bond donors (Lipinski definition) is 1. The second kappa shape index (κ2) is 9.95. The molecule has 1 fully saturated rings. The van der Waals surface area contributed by atoms with E-state index in [0.717, 1.165) is 61.1 Å². The summed E-state index contributed by atoms with van der Waals surface area (Å²) in [6.07, 6.45) is 8.78. The fourth-order valence-corrected chi connectivity index (χ4v) is 4.34. The van der Waals surface area contributed by atoms with Crippen molar-refractivity contribution in [3.63, 3.8) is 0 Å². The van der Waals surface area contributed by atoms with Crippen LogP contribution in [0.5, 0.6) is 0 Å². The van der Waals surface area contributed by atoms with Crippen molar-refractivity contribution in [1.82, 2.24) is 29.8 Å². The Hall–Kier alpha value is -2.58. The molecule has 0 spiro atoms. The van der Waals surface area contributed by atoms with Crippen LogP contribution < -0.4 is 5.56 Å². The maximum Gasteiger partial charge on any atom is 0.251 e. The molecule has 4 heterocycles. The van der Waals surface area contributed by atoms with Crippen molar-refractivity contribution >= 4 is 11.8 Å². The smallest absolute Gasteiger partial charge is 0.251 e. The van der Waals surface area contributed by atoms with Crippen LogP contribution in [0.2, 0.25) is 0 Å². The second-order valence-corrected chi connectivity index (χ2v) is 8.59. The Kier molecular flexibility index (Phi) is 6.86. The molecule has 0 aliphatic carbocycles. The van der Waals surface area contributed by atoms with Gasteiger partial charge in [0.25, 0.3) is 5.56 Å². The van der Waals surface area contributed by atoms with Gasteiger partial charge in [-0.2, -0.15) is 0 Å². The van der Waals surface area contributed by atoms with E-state index in [1.165, 1.54) is 0 Å². The largest absolute Gasteiger partial charge is 0.305 e. The lowest BCUT2D eigenvalue weighted by Crippen LogP contribution is -2.34. The number of nitrogens with zero attached hydrogens (tertiary/aromatic N) is 5. The summed E-state index contributed by atoms with van der Waals surface area (Å²) in [5, 5.41) is 0.840. The van der Waals surface area contributed by atoms with Gasteiger partial charge in [-0.15, -0.1) is 0 Å². The van der Waals surface area contributed by atoms with E-state index in [4.69, 9.17) is 4.98 Å². The molecule has 30 heavy (non-hydrogen) atoms. The molecule has 0 saturated carbocycles. The Morgan fingerprint density at radius 3 is 2.87 bits per heavy atom. The maximum absolute atomic E-state index is 12.3. The zero-order valence-corrected chi connectivity index (χ0v) is 17.9. The van der Waals surface area contributed by atoms with E-state index in [-0.39, 0.29) is 11.5 Å². The molecule has 3 aromatic rings. The number of aromatic amines is 1.